The number of hydrogen-bond acceptors (Lipinski definition) is 5. The maximum Gasteiger partial charge on any atom is 0.262 e. The summed E-state index contributed by atoms with van der Waals surface area (Å²) >= 11 is 0. The van der Waals surface area contributed by atoms with Gasteiger partial charge in [-0.25, -0.2) is 4.39 Å². The second-order valence-corrected chi connectivity index (χ2v) is 5.01. The first kappa shape index (κ1) is 14.5. The van der Waals surface area contributed by atoms with E-state index >= 15 is 0 Å². The third-order valence-electron chi connectivity index (χ3n) is 3.59. The van der Waals surface area contributed by atoms with E-state index in [4.69, 9.17) is 5.73 Å². The van der Waals surface area contributed by atoms with Gasteiger partial charge in [-0.15, -0.1) is 0 Å². The Labute approximate surface area is 128 Å². The van der Waals surface area contributed by atoms with E-state index in [2.05, 4.69) is 0 Å². The second-order valence-electron chi connectivity index (χ2n) is 5.01. The Morgan fingerprint density at radius 3 is 2.57 bits per heavy atom. The van der Waals surface area contributed by atoms with Crippen molar-refractivity contribution in [3.05, 3.63) is 56.6 Å². The van der Waals surface area contributed by atoms with E-state index in [-0.39, 0.29) is 33.8 Å². The molecule has 0 saturated heterocycles. The molecule has 1 aromatic carbocycles. The first-order valence-corrected chi connectivity index (χ1v) is 6.47. The minimum Gasteiger partial charge on any atom is -0.384 e. The molecule has 114 valence electrons. The number of nitrogens with one attached hydrogen (secondary N) is 1. The van der Waals surface area contributed by atoms with Crippen molar-refractivity contribution < 1.29 is 14.0 Å². The summed E-state index contributed by atoms with van der Waals surface area (Å²) < 4.78 is 14.7. The van der Waals surface area contributed by atoms with Crippen LogP contribution in [0.4, 0.5) is 10.2 Å². The number of pyridine rings is 1. The second kappa shape index (κ2) is 4.78. The van der Waals surface area contributed by atoms with E-state index in [0.717, 1.165) is 16.7 Å². The summed E-state index contributed by atoms with van der Waals surface area (Å²) in [6.45, 7) is 1.47. The molecule has 3 rings (SSSR count). The number of rotatable bonds is 1. The summed E-state index contributed by atoms with van der Waals surface area (Å²) in [6.07, 6.45) is 0. The molecule has 7 nitrogen and oxygen atoms in total. The minimum absolute atomic E-state index is 0.0161. The zero-order chi connectivity index (χ0) is 16.9. The molecule has 2 aromatic rings. The van der Waals surface area contributed by atoms with Crippen molar-refractivity contribution in [2.45, 2.75) is 6.92 Å². The fourth-order valence-corrected chi connectivity index (χ4v) is 2.47. The van der Waals surface area contributed by atoms with Gasteiger partial charge in [0.1, 0.15) is 17.7 Å². The summed E-state index contributed by atoms with van der Waals surface area (Å²) in [6, 6.07) is 5.06. The Bertz CT molecular complexity index is 1000. The Kier molecular flexibility index (Phi) is 3.00. The average molecular weight is 312 g/mol. The van der Waals surface area contributed by atoms with Gasteiger partial charge in [0.25, 0.3) is 17.4 Å². The van der Waals surface area contributed by atoms with Gasteiger partial charge in [0.2, 0.25) is 0 Å². The number of aryl methyl sites for hydroxylation is 1. The van der Waals surface area contributed by atoms with Crippen LogP contribution in [0.3, 0.4) is 0 Å². The van der Waals surface area contributed by atoms with E-state index in [1.165, 1.54) is 13.0 Å². The summed E-state index contributed by atoms with van der Waals surface area (Å²) in [5.41, 5.74) is 4.95. The summed E-state index contributed by atoms with van der Waals surface area (Å²) in [5, 5.41) is 11.2. The van der Waals surface area contributed by atoms with Crippen LogP contribution < -0.4 is 16.6 Å². The zero-order valence-electron chi connectivity index (χ0n) is 11.8. The van der Waals surface area contributed by atoms with Crippen molar-refractivity contribution in [3.63, 3.8) is 0 Å². The first-order chi connectivity index (χ1) is 10.8. The molecule has 3 N–H and O–H groups in total. The van der Waals surface area contributed by atoms with Crippen molar-refractivity contribution in [2.24, 2.45) is 0 Å². The van der Waals surface area contributed by atoms with Crippen LogP contribution >= 0.6 is 0 Å². The molecule has 0 atom stereocenters. The number of nitrogens with two attached hydrogens (primary N) is 1. The topological polar surface area (TPSA) is 118 Å². The van der Waals surface area contributed by atoms with Gasteiger partial charge < -0.3 is 5.73 Å². The molecule has 0 radical (unpaired) electrons. The number of anilines is 1. The number of imide groups is 1. The van der Waals surface area contributed by atoms with Crippen molar-refractivity contribution in [3.8, 4) is 11.8 Å². The fraction of sp³-hybridized carbons (Fsp3) is 0.0667. The Hall–Kier alpha value is -3.47. The molecule has 2 amide bonds. The number of fused-ring (bicyclic) bond motifs is 1. The molecule has 1 aliphatic rings. The highest BCUT2D eigenvalue weighted by Gasteiger charge is 2.32. The van der Waals surface area contributed by atoms with Gasteiger partial charge in [-0.05, 0) is 24.6 Å². The van der Waals surface area contributed by atoms with Crippen molar-refractivity contribution in [1.29, 1.82) is 5.26 Å². The van der Waals surface area contributed by atoms with E-state index in [9.17, 15) is 24.0 Å². The molecule has 8 heteroatoms. The summed E-state index contributed by atoms with van der Waals surface area (Å²) in [4.78, 5) is 35.7. The first-order valence-electron chi connectivity index (χ1n) is 6.47. The lowest BCUT2D eigenvalue weighted by Gasteiger charge is -2.14. The van der Waals surface area contributed by atoms with Gasteiger partial charge >= 0.3 is 0 Å². The average Bonchev–Trinajstić information content (AvgIpc) is 2.77. The van der Waals surface area contributed by atoms with Crippen LogP contribution in [-0.4, -0.2) is 16.4 Å². The van der Waals surface area contributed by atoms with Gasteiger partial charge in [0.05, 0.1) is 22.4 Å². The smallest absolute Gasteiger partial charge is 0.262 e. The highest BCUT2D eigenvalue weighted by molar-refractivity contribution is 6.23. The lowest BCUT2D eigenvalue weighted by atomic mass is 10.1. The van der Waals surface area contributed by atoms with Crippen LogP contribution in [0.25, 0.3) is 5.69 Å². The minimum atomic E-state index is -0.748. The normalized spacial score (nSPS) is 12.7. The van der Waals surface area contributed by atoms with Gasteiger partial charge in [-0.3, -0.25) is 24.3 Å². The Balaban J connectivity index is 2.41. The number of nitrogen functional groups attached to an aromatic ring is 1. The Morgan fingerprint density at radius 1 is 1.22 bits per heavy atom. The number of aromatic nitrogens is 1. The highest BCUT2D eigenvalue weighted by Crippen LogP contribution is 2.25. The predicted molar refractivity (Wildman–Crippen MR) is 77.7 cm³/mol. The highest BCUT2D eigenvalue weighted by atomic mass is 19.1. The van der Waals surface area contributed by atoms with Crippen molar-refractivity contribution >= 4 is 17.6 Å². The lowest BCUT2D eigenvalue weighted by molar-refractivity contribution is 0.0880. The summed E-state index contributed by atoms with van der Waals surface area (Å²) in [7, 11) is 0. The molecule has 1 aromatic heterocycles. The van der Waals surface area contributed by atoms with E-state index in [1.54, 1.807) is 0 Å². The molecular weight excluding hydrogens is 303 g/mol. The molecule has 0 spiro atoms. The number of benzene rings is 1. The van der Waals surface area contributed by atoms with Gasteiger partial charge in [0, 0.05) is 6.07 Å². The predicted octanol–water partition coefficient (Wildman–Crippen LogP) is 0.622. The molecule has 1 aliphatic heterocycles. The molecule has 23 heavy (non-hydrogen) atoms. The number of nitriles is 1. The van der Waals surface area contributed by atoms with Crippen LogP contribution in [-0.2, 0) is 0 Å². The number of hydrogen-bond donors (Lipinski definition) is 2. The molecular formula is C15H9FN4O3. The lowest BCUT2D eigenvalue weighted by Crippen LogP contribution is -2.25. The molecule has 0 bridgehead atoms. The van der Waals surface area contributed by atoms with Crippen LogP contribution in [0.5, 0.6) is 0 Å². The zero-order valence-corrected chi connectivity index (χ0v) is 11.8. The number of carbonyl (C=O) groups is 2. The molecule has 0 unspecified atom stereocenters. The van der Waals surface area contributed by atoms with Crippen LogP contribution in [0, 0.1) is 24.1 Å². The van der Waals surface area contributed by atoms with Crippen molar-refractivity contribution in [1.82, 2.24) is 9.88 Å². The van der Waals surface area contributed by atoms with Crippen LogP contribution in [0.15, 0.2) is 23.0 Å². The van der Waals surface area contributed by atoms with Crippen LogP contribution in [0.1, 0.15) is 31.8 Å². The van der Waals surface area contributed by atoms with Gasteiger partial charge in [0.15, 0.2) is 0 Å². The third-order valence-corrected chi connectivity index (χ3v) is 3.59. The quantitative estimate of drug-likeness (QED) is 0.748. The fourth-order valence-electron chi connectivity index (χ4n) is 2.47. The van der Waals surface area contributed by atoms with E-state index < -0.39 is 23.2 Å². The number of halogens is 1. The Morgan fingerprint density at radius 2 is 1.91 bits per heavy atom. The SMILES string of the molecule is Cc1cc(C#N)c(-n2c(N)c3c(cc2=O)C(=O)NC3=O)cc1F. The monoisotopic (exact) mass is 312 g/mol. The maximum atomic E-state index is 13.9. The molecule has 0 aliphatic carbocycles. The number of carbonyl (C=O) groups excluding carboxylic acids is 2. The number of nitrogens with zero attached hydrogens (tertiary/aromatic N) is 2. The van der Waals surface area contributed by atoms with Gasteiger partial charge in [-0.1, -0.05) is 0 Å². The van der Waals surface area contributed by atoms with E-state index in [1.807, 2.05) is 11.4 Å². The number of amides is 2. The maximum absolute atomic E-state index is 13.9. The molecule has 0 saturated carbocycles. The summed E-state index contributed by atoms with van der Waals surface area (Å²) in [5.74, 6) is -2.43. The van der Waals surface area contributed by atoms with Crippen LogP contribution in [0.2, 0.25) is 0 Å². The standard InChI is InChI=1S/C15H9FN4O3/c1-6-2-7(5-17)10(4-9(6)16)20-11(21)3-8-12(13(20)18)15(23)19-14(8)22/h2-4H,18H2,1H3,(H,19,22,23). The molecule has 2 heterocycles. The van der Waals surface area contributed by atoms with Gasteiger partial charge in [-0.2, -0.15) is 5.26 Å². The molecule has 0 fully saturated rings. The third kappa shape index (κ3) is 1.98. The van der Waals surface area contributed by atoms with Crippen molar-refractivity contribution in [2.75, 3.05) is 5.73 Å². The van der Waals surface area contributed by atoms with E-state index in [0.29, 0.717) is 0 Å². The largest absolute Gasteiger partial charge is 0.384 e.